The van der Waals surface area contributed by atoms with Crippen LogP contribution in [0, 0.1) is 11.8 Å². The van der Waals surface area contributed by atoms with Crippen molar-refractivity contribution in [1.29, 1.82) is 0 Å². The standard InChI is InChI=1S/C22H22ClF3N4OS/c1-32-20-21(29(11-13-2-3-13)12-14-4-5-14)30-9-8-27-18(19(30)28-20)16-7-6-15(10-17(16)23)31-22(24,25)26/h6-10,13-14H,2-5,11-12H2,1H3. The number of rotatable bonds is 8. The molecular formula is C22H22ClF3N4OS. The Morgan fingerprint density at radius 2 is 1.88 bits per heavy atom. The zero-order valence-corrected chi connectivity index (χ0v) is 19.0. The van der Waals surface area contributed by atoms with Gasteiger partial charge in [0.1, 0.15) is 22.3 Å². The Morgan fingerprint density at radius 1 is 1.19 bits per heavy atom. The first-order valence-electron chi connectivity index (χ1n) is 10.5. The molecule has 2 heterocycles. The summed E-state index contributed by atoms with van der Waals surface area (Å²) in [5.74, 6) is 2.15. The molecule has 2 aliphatic carbocycles. The van der Waals surface area contributed by atoms with Crippen LogP contribution >= 0.6 is 23.4 Å². The van der Waals surface area contributed by atoms with Gasteiger partial charge in [0.05, 0.1) is 5.02 Å². The first kappa shape index (κ1) is 21.7. The summed E-state index contributed by atoms with van der Waals surface area (Å²) in [7, 11) is 0. The number of fused-ring (bicyclic) bond motifs is 1. The summed E-state index contributed by atoms with van der Waals surface area (Å²) >= 11 is 7.93. The van der Waals surface area contributed by atoms with Crippen molar-refractivity contribution in [2.75, 3.05) is 24.2 Å². The number of benzene rings is 1. The van der Waals surface area contributed by atoms with Crippen molar-refractivity contribution < 1.29 is 17.9 Å². The summed E-state index contributed by atoms with van der Waals surface area (Å²) in [5, 5.41) is 1.03. The fourth-order valence-corrected chi connectivity index (χ4v) is 4.76. The number of alkyl halides is 3. The molecular weight excluding hydrogens is 461 g/mol. The first-order valence-corrected chi connectivity index (χ1v) is 12.1. The van der Waals surface area contributed by atoms with Gasteiger partial charge in [-0.25, -0.2) is 4.98 Å². The third kappa shape index (κ3) is 4.64. The van der Waals surface area contributed by atoms with Crippen LogP contribution in [0.4, 0.5) is 19.0 Å². The molecule has 5 nitrogen and oxygen atoms in total. The highest BCUT2D eigenvalue weighted by molar-refractivity contribution is 7.98. The van der Waals surface area contributed by atoms with E-state index in [0.29, 0.717) is 16.9 Å². The lowest BCUT2D eigenvalue weighted by molar-refractivity contribution is -0.274. The minimum Gasteiger partial charge on any atom is -0.406 e. The molecule has 2 aromatic heterocycles. The Morgan fingerprint density at radius 3 is 2.44 bits per heavy atom. The van der Waals surface area contributed by atoms with E-state index in [2.05, 4.69) is 14.6 Å². The maximum absolute atomic E-state index is 12.6. The molecule has 3 aromatic rings. The molecule has 0 N–H and O–H groups in total. The Labute approximate surface area is 192 Å². The van der Waals surface area contributed by atoms with Crippen molar-refractivity contribution >= 4 is 34.8 Å². The molecule has 170 valence electrons. The SMILES string of the molecule is CSc1nc2c(-c3ccc(OC(F)(F)F)cc3Cl)nccn2c1N(CC1CC1)CC1CC1. The highest BCUT2D eigenvalue weighted by Gasteiger charge is 2.33. The van der Waals surface area contributed by atoms with E-state index in [4.69, 9.17) is 16.6 Å². The van der Waals surface area contributed by atoms with Gasteiger partial charge in [0.15, 0.2) is 5.65 Å². The van der Waals surface area contributed by atoms with E-state index in [9.17, 15) is 13.2 Å². The minimum absolute atomic E-state index is 0.121. The van der Waals surface area contributed by atoms with E-state index in [1.165, 1.54) is 37.8 Å². The van der Waals surface area contributed by atoms with Crippen molar-refractivity contribution in [2.24, 2.45) is 11.8 Å². The van der Waals surface area contributed by atoms with Crippen molar-refractivity contribution in [1.82, 2.24) is 14.4 Å². The molecule has 0 unspecified atom stereocenters. The monoisotopic (exact) mass is 482 g/mol. The molecule has 0 atom stereocenters. The number of nitrogens with zero attached hydrogens (tertiary/aromatic N) is 4. The average Bonchev–Trinajstić information content (AvgIpc) is 3.66. The molecule has 5 rings (SSSR count). The molecule has 2 fully saturated rings. The predicted octanol–water partition coefficient (Wildman–Crippen LogP) is 6.30. The van der Waals surface area contributed by atoms with Gasteiger partial charge >= 0.3 is 6.36 Å². The minimum atomic E-state index is -4.78. The van der Waals surface area contributed by atoms with E-state index in [1.54, 1.807) is 18.0 Å². The highest BCUT2D eigenvalue weighted by Crippen LogP contribution is 2.41. The van der Waals surface area contributed by atoms with Crippen LogP contribution in [0.2, 0.25) is 5.02 Å². The fraction of sp³-hybridized carbons (Fsp3) is 0.455. The second-order valence-electron chi connectivity index (χ2n) is 8.40. The summed E-state index contributed by atoms with van der Waals surface area (Å²) in [4.78, 5) is 11.8. The molecule has 0 saturated heterocycles. The van der Waals surface area contributed by atoms with Crippen LogP contribution in [0.1, 0.15) is 25.7 Å². The molecule has 1 aromatic carbocycles. The van der Waals surface area contributed by atoms with Crippen LogP contribution in [0.3, 0.4) is 0 Å². The second-order valence-corrected chi connectivity index (χ2v) is 9.60. The normalized spacial score (nSPS) is 16.5. The predicted molar refractivity (Wildman–Crippen MR) is 120 cm³/mol. The molecule has 2 aliphatic rings. The number of hydrogen-bond acceptors (Lipinski definition) is 5. The number of aromatic nitrogens is 3. The zero-order chi connectivity index (χ0) is 22.5. The Balaban J connectivity index is 1.57. The van der Waals surface area contributed by atoms with E-state index in [1.807, 2.05) is 16.9 Å². The molecule has 0 radical (unpaired) electrons. The van der Waals surface area contributed by atoms with Gasteiger partial charge in [-0.05, 0) is 62.0 Å². The molecule has 0 bridgehead atoms. The van der Waals surface area contributed by atoms with Gasteiger partial charge in [-0.2, -0.15) is 0 Å². The first-order chi connectivity index (χ1) is 15.3. The van der Waals surface area contributed by atoms with Crippen LogP contribution in [0.5, 0.6) is 5.75 Å². The fourth-order valence-electron chi connectivity index (χ4n) is 3.92. The molecule has 2 saturated carbocycles. The number of thioether (sulfide) groups is 1. The van der Waals surface area contributed by atoms with Gasteiger partial charge in [0, 0.05) is 31.0 Å². The van der Waals surface area contributed by atoms with E-state index in [-0.39, 0.29) is 10.8 Å². The Kier molecular flexibility index (Phi) is 5.65. The maximum atomic E-state index is 12.6. The maximum Gasteiger partial charge on any atom is 0.573 e. The smallest absolute Gasteiger partial charge is 0.406 e. The van der Waals surface area contributed by atoms with Crippen molar-refractivity contribution in [3.63, 3.8) is 0 Å². The molecule has 32 heavy (non-hydrogen) atoms. The van der Waals surface area contributed by atoms with Crippen molar-refractivity contribution in [3.05, 3.63) is 35.6 Å². The highest BCUT2D eigenvalue weighted by atomic mass is 35.5. The van der Waals surface area contributed by atoms with Crippen LogP contribution in [0.25, 0.3) is 16.9 Å². The van der Waals surface area contributed by atoms with Gasteiger partial charge in [0.25, 0.3) is 0 Å². The molecule has 0 spiro atoms. The Bertz CT molecular complexity index is 1130. The topological polar surface area (TPSA) is 42.7 Å². The number of ether oxygens (including phenoxy) is 1. The summed E-state index contributed by atoms with van der Waals surface area (Å²) in [5.41, 5.74) is 1.66. The van der Waals surface area contributed by atoms with Gasteiger partial charge in [-0.1, -0.05) is 11.6 Å². The third-order valence-electron chi connectivity index (χ3n) is 5.76. The van der Waals surface area contributed by atoms with Crippen LogP contribution in [0.15, 0.2) is 35.6 Å². The van der Waals surface area contributed by atoms with Gasteiger partial charge in [-0.3, -0.25) is 9.38 Å². The van der Waals surface area contributed by atoms with Crippen molar-refractivity contribution in [2.45, 2.75) is 37.1 Å². The molecule has 0 amide bonds. The lowest BCUT2D eigenvalue weighted by Gasteiger charge is -2.25. The lowest BCUT2D eigenvalue weighted by Crippen LogP contribution is -2.29. The largest absolute Gasteiger partial charge is 0.573 e. The third-order valence-corrected chi connectivity index (χ3v) is 6.73. The number of imidazole rings is 1. The van der Waals surface area contributed by atoms with Crippen LogP contribution in [-0.2, 0) is 0 Å². The van der Waals surface area contributed by atoms with E-state index in [0.717, 1.165) is 41.8 Å². The van der Waals surface area contributed by atoms with Gasteiger partial charge < -0.3 is 9.64 Å². The summed E-state index contributed by atoms with van der Waals surface area (Å²) in [6.07, 6.45) is 5.86. The molecule has 0 aliphatic heterocycles. The van der Waals surface area contributed by atoms with Crippen molar-refractivity contribution in [3.8, 4) is 17.0 Å². The number of anilines is 1. The summed E-state index contributed by atoms with van der Waals surface area (Å²) < 4.78 is 43.7. The zero-order valence-electron chi connectivity index (χ0n) is 17.4. The summed E-state index contributed by atoms with van der Waals surface area (Å²) in [6.45, 7) is 2.03. The number of halogens is 4. The van der Waals surface area contributed by atoms with E-state index < -0.39 is 6.36 Å². The van der Waals surface area contributed by atoms with Crippen LogP contribution < -0.4 is 9.64 Å². The Hall–Kier alpha value is -2.13. The number of hydrogen-bond donors (Lipinski definition) is 0. The second kappa shape index (κ2) is 8.33. The van der Waals surface area contributed by atoms with Gasteiger partial charge in [0.2, 0.25) is 0 Å². The van der Waals surface area contributed by atoms with E-state index >= 15 is 0 Å². The lowest BCUT2D eigenvalue weighted by atomic mass is 10.1. The summed E-state index contributed by atoms with van der Waals surface area (Å²) in [6, 6.07) is 3.89. The molecule has 10 heteroatoms. The van der Waals surface area contributed by atoms with Gasteiger partial charge in [-0.15, -0.1) is 24.9 Å². The van der Waals surface area contributed by atoms with Crippen LogP contribution in [-0.4, -0.2) is 40.1 Å². The average molecular weight is 483 g/mol. The quantitative estimate of drug-likeness (QED) is 0.353.